The van der Waals surface area contributed by atoms with Crippen molar-refractivity contribution in [3.63, 3.8) is 0 Å². The average Bonchev–Trinajstić information content (AvgIpc) is 2.79. The molecule has 1 aromatic carbocycles. The molecule has 0 amide bonds. The fourth-order valence-electron chi connectivity index (χ4n) is 2.56. The summed E-state index contributed by atoms with van der Waals surface area (Å²) in [5.41, 5.74) is 6.55. The van der Waals surface area contributed by atoms with E-state index in [0.29, 0.717) is 10.6 Å². The van der Waals surface area contributed by atoms with Crippen LogP contribution in [0.15, 0.2) is 18.2 Å². The van der Waals surface area contributed by atoms with Gasteiger partial charge in [0.05, 0.1) is 12.1 Å². The van der Waals surface area contributed by atoms with Gasteiger partial charge < -0.3 is 10.8 Å². The monoisotopic (exact) mass is 293 g/mol. The van der Waals surface area contributed by atoms with Crippen LogP contribution in [-0.2, 0) is 0 Å². The van der Waals surface area contributed by atoms with E-state index >= 15 is 0 Å². The van der Waals surface area contributed by atoms with E-state index in [1.165, 1.54) is 12.1 Å². The van der Waals surface area contributed by atoms with Gasteiger partial charge in [0, 0.05) is 5.02 Å². The lowest BCUT2D eigenvalue weighted by Gasteiger charge is -2.24. The molecule has 1 aromatic rings. The van der Waals surface area contributed by atoms with Gasteiger partial charge in [-0.25, -0.2) is 4.39 Å². The zero-order valence-electron chi connectivity index (χ0n) is 9.98. The fourth-order valence-corrected chi connectivity index (χ4v) is 2.79. The number of hydrogen-bond donors (Lipinski definition) is 2. The van der Waals surface area contributed by atoms with Crippen LogP contribution in [0.2, 0.25) is 5.02 Å². The van der Waals surface area contributed by atoms with Crippen molar-refractivity contribution in [1.29, 1.82) is 0 Å². The highest BCUT2D eigenvalue weighted by atomic mass is 35.5. The molecule has 2 nitrogen and oxygen atoms in total. The first-order valence-corrected chi connectivity index (χ1v) is 6.35. The molecule has 0 aliphatic heterocycles. The molecule has 18 heavy (non-hydrogen) atoms. The summed E-state index contributed by atoms with van der Waals surface area (Å²) in [4.78, 5) is 0. The Bertz CT molecular complexity index is 376. The van der Waals surface area contributed by atoms with Crippen molar-refractivity contribution in [2.45, 2.75) is 37.8 Å². The molecule has 5 heteroatoms. The Balaban J connectivity index is 0.00000162. The van der Waals surface area contributed by atoms with Crippen molar-refractivity contribution in [2.75, 3.05) is 0 Å². The van der Waals surface area contributed by atoms with Crippen LogP contribution in [0, 0.1) is 11.7 Å². The summed E-state index contributed by atoms with van der Waals surface area (Å²) >= 11 is 5.78. The quantitative estimate of drug-likeness (QED) is 0.897. The highest BCUT2D eigenvalue weighted by molar-refractivity contribution is 6.30. The Morgan fingerprint density at radius 3 is 2.44 bits per heavy atom. The SMILES string of the molecule is Cl.N[C@@H](c1cc(F)cc(Cl)c1)[C@H](O)C1CCCC1. The molecule has 1 aliphatic rings. The molecule has 0 radical (unpaired) electrons. The fraction of sp³-hybridized carbons (Fsp3) is 0.538. The number of benzene rings is 1. The first kappa shape index (κ1) is 15.7. The number of hydrogen-bond acceptors (Lipinski definition) is 2. The van der Waals surface area contributed by atoms with Gasteiger partial charge in [0.2, 0.25) is 0 Å². The maximum absolute atomic E-state index is 13.2. The van der Waals surface area contributed by atoms with Gasteiger partial charge in [0.25, 0.3) is 0 Å². The molecule has 3 N–H and O–H groups in total. The Labute approximate surface area is 118 Å². The molecule has 0 aromatic heterocycles. The smallest absolute Gasteiger partial charge is 0.125 e. The second kappa shape index (κ2) is 6.71. The predicted octanol–water partition coefficient (Wildman–Crippen LogP) is 3.45. The molecule has 0 saturated heterocycles. The molecule has 0 spiro atoms. The van der Waals surface area contributed by atoms with Gasteiger partial charge in [0.15, 0.2) is 0 Å². The minimum absolute atomic E-state index is 0. The molecular weight excluding hydrogens is 276 g/mol. The maximum Gasteiger partial charge on any atom is 0.125 e. The number of halogens is 3. The van der Waals surface area contributed by atoms with Crippen LogP contribution in [0.3, 0.4) is 0 Å². The molecule has 1 aliphatic carbocycles. The van der Waals surface area contributed by atoms with Crippen LogP contribution in [-0.4, -0.2) is 11.2 Å². The lowest BCUT2D eigenvalue weighted by Crippen LogP contribution is -2.32. The largest absolute Gasteiger partial charge is 0.391 e. The standard InChI is InChI=1S/C13H17ClFNO.ClH/c14-10-5-9(6-11(15)7-10)12(16)13(17)8-3-1-2-4-8;/h5-8,12-13,17H,1-4,16H2;1H/t12-,13+;/m0./s1. The highest BCUT2D eigenvalue weighted by Crippen LogP contribution is 2.33. The molecule has 0 bridgehead atoms. The zero-order valence-corrected chi connectivity index (χ0v) is 11.6. The molecule has 1 fully saturated rings. The zero-order chi connectivity index (χ0) is 12.4. The van der Waals surface area contributed by atoms with Gasteiger partial charge in [-0.15, -0.1) is 12.4 Å². The minimum Gasteiger partial charge on any atom is -0.391 e. The Hall–Kier alpha value is -0.350. The van der Waals surface area contributed by atoms with E-state index in [2.05, 4.69) is 0 Å². The summed E-state index contributed by atoms with van der Waals surface area (Å²) < 4.78 is 13.2. The lowest BCUT2D eigenvalue weighted by molar-refractivity contribution is 0.0844. The van der Waals surface area contributed by atoms with E-state index in [1.54, 1.807) is 6.07 Å². The third-order valence-corrected chi connectivity index (χ3v) is 3.74. The first-order valence-electron chi connectivity index (χ1n) is 5.97. The van der Waals surface area contributed by atoms with E-state index < -0.39 is 18.0 Å². The highest BCUT2D eigenvalue weighted by Gasteiger charge is 2.29. The van der Waals surface area contributed by atoms with Gasteiger partial charge in [-0.05, 0) is 42.5 Å². The van der Waals surface area contributed by atoms with Gasteiger partial charge in [0.1, 0.15) is 5.82 Å². The molecule has 2 atom stereocenters. The van der Waals surface area contributed by atoms with Crippen LogP contribution < -0.4 is 5.73 Å². The van der Waals surface area contributed by atoms with Crippen molar-refractivity contribution in [2.24, 2.45) is 11.7 Å². The topological polar surface area (TPSA) is 46.2 Å². The van der Waals surface area contributed by atoms with Crippen LogP contribution in [0.5, 0.6) is 0 Å². The molecule has 102 valence electrons. The van der Waals surface area contributed by atoms with Gasteiger partial charge in [-0.3, -0.25) is 0 Å². The number of rotatable bonds is 3. The Morgan fingerprint density at radius 2 is 1.89 bits per heavy atom. The summed E-state index contributed by atoms with van der Waals surface area (Å²) in [6, 6.07) is 3.63. The van der Waals surface area contributed by atoms with E-state index in [9.17, 15) is 9.50 Å². The molecule has 0 unspecified atom stereocenters. The van der Waals surface area contributed by atoms with Gasteiger partial charge >= 0.3 is 0 Å². The molecule has 2 rings (SSSR count). The Kier molecular flexibility index (Phi) is 5.86. The Morgan fingerprint density at radius 1 is 1.28 bits per heavy atom. The summed E-state index contributed by atoms with van der Waals surface area (Å²) in [5, 5.41) is 10.5. The van der Waals surface area contributed by atoms with E-state index in [-0.39, 0.29) is 18.3 Å². The first-order chi connectivity index (χ1) is 8.08. The summed E-state index contributed by atoms with van der Waals surface area (Å²) in [7, 11) is 0. The normalized spacial score (nSPS) is 19.3. The maximum atomic E-state index is 13.2. The summed E-state index contributed by atoms with van der Waals surface area (Å²) in [5.74, 6) is -0.186. The van der Waals surface area contributed by atoms with E-state index in [0.717, 1.165) is 25.7 Å². The molecule has 0 heterocycles. The lowest BCUT2D eigenvalue weighted by atomic mass is 9.91. The molecular formula is C13H18Cl2FNO. The van der Waals surface area contributed by atoms with Crippen molar-refractivity contribution in [3.05, 3.63) is 34.6 Å². The van der Waals surface area contributed by atoms with Crippen molar-refractivity contribution in [3.8, 4) is 0 Å². The minimum atomic E-state index is -0.615. The third-order valence-electron chi connectivity index (χ3n) is 3.52. The number of aliphatic hydroxyl groups excluding tert-OH is 1. The van der Waals surface area contributed by atoms with E-state index in [1.807, 2.05) is 0 Å². The van der Waals surface area contributed by atoms with Crippen molar-refractivity contribution in [1.82, 2.24) is 0 Å². The van der Waals surface area contributed by atoms with Crippen LogP contribution in [0.1, 0.15) is 37.3 Å². The van der Waals surface area contributed by atoms with Gasteiger partial charge in [-0.1, -0.05) is 24.4 Å². The van der Waals surface area contributed by atoms with Crippen LogP contribution >= 0.6 is 24.0 Å². The summed E-state index contributed by atoms with van der Waals surface area (Å²) in [6.07, 6.45) is 3.65. The molecule has 1 saturated carbocycles. The average molecular weight is 294 g/mol. The number of aliphatic hydroxyl groups is 1. The van der Waals surface area contributed by atoms with Crippen molar-refractivity contribution >= 4 is 24.0 Å². The second-order valence-electron chi connectivity index (χ2n) is 4.76. The van der Waals surface area contributed by atoms with Crippen LogP contribution in [0.25, 0.3) is 0 Å². The van der Waals surface area contributed by atoms with Gasteiger partial charge in [-0.2, -0.15) is 0 Å². The second-order valence-corrected chi connectivity index (χ2v) is 5.20. The summed E-state index contributed by atoms with van der Waals surface area (Å²) in [6.45, 7) is 0. The predicted molar refractivity (Wildman–Crippen MR) is 73.6 cm³/mol. The van der Waals surface area contributed by atoms with E-state index in [4.69, 9.17) is 17.3 Å². The number of nitrogens with two attached hydrogens (primary N) is 1. The van der Waals surface area contributed by atoms with Crippen molar-refractivity contribution < 1.29 is 9.50 Å². The third kappa shape index (κ3) is 3.58. The van der Waals surface area contributed by atoms with Crippen LogP contribution in [0.4, 0.5) is 4.39 Å².